The van der Waals surface area contributed by atoms with Gasteiger partial charge in [0.25, 0.3) is 0 Å². The number of rotatable bonds is 16. The van der Waals surface area contributed by atoms with Gasteiger partial charge in [0, 0.05) is 25.7 Å². The van der Waals surface area contributed by atoms with E-state index in [2.05, 4.69) is 0 Å². The van der Waals surface area contributed by atoms with E-state index >= 15 is 0 Å². The lowest BCUT2D eigenvalue weighted by atomic mass is 10.2. The number of carbonyl (C=O) groups excluding carboxylic acids is 2. The van der Waals surface area contributed by atoms with E-state index in [0.29, 0.717) is 12.8 Å². The van der Waals surface area contributed by atoms with Gasteiger partial charge in [-0.2, -0.15) is 0 Å². The lowest BCUT2D eigenvalue weighted by molar-refractivity contribution is 0.0515. The van der Waals surface area contributed by atoms with Gasteiger partial charge in [0.2, 0.25) is 0 Å². The molecule has 0 spiro atoms. The molecule has 0 saturated carbocycles. The van der Waals surface area contributed by atoms with Crippen molar-refractivity contribution in [3.8, 4) is 0 Å². The summed E-state index contributed by atoms with van der Waals surface area (Å²) >= 11 is 0. The third-order valence-corrected chi connectivity index (χ3v) is 5.55. The predicted octanol–water partition coefficient (Wildman–Crippen LogP) is 4.66. The van der Waals surface area contributed by atoms with Gasteiger partial charge in [-0.15, -0.1) is 0 Å². The Balaban J connectivity index is 1.41. The quantitative estimate of drug-likeness (QED) is 0.193. The Morgan fingerprint density at radius 2 is 0.971 bits per heavy atom. The first-order chi connectivity index (χ1) is 16.9. The number of hydrogen-bond donors (Lipinski definition) is 1. The minimum absolute atomic E-state index is 0.0182. The third-order valence-electron chi connectivity index (χ3n) is 4.47. The zero-order valence-corrected chi connectivity index (χ0v) is 20.4. The Bertz CT molecular complexity index is 840. The first kappa shape index (κ1) is 28.3. The van der Waals surface area contributed by atoms with Crippen LogP contribution >= 0.6 is 7.75 Å². The Kier molecular flexibility index (Phi) is 13.5. The second kappa shape index (κ2) is 16.7. The topological polar surface area (TPSA) is 133 Å². The molecule has 0 aliphatic heterocycles. The lowest BCUT2D eigenvalue weighted by Crippen LogP contribution is -2.13. The van der Waals surface area contributed by atoms with Crippen molar-refractivity contribution in [2.24, 2.45) is 5.50 Å². The molecule has 0 aliphatic carbocycles. The molecule has 0 amide bonds. The smallest absolute Gasteiger partial charge is 0.434 e. The fraction of sp³-hybridized carbons (Fsp3) is 0.417. The monoisotopic (exact) mass is 509 g/mol. The third kappa shape index (κ3) is 14.2. The maximum Gasteiger partial charge on any atom is 0.508 e. The van der Waals surface area contributed by atoms with Crippen molar-refractivity contribution in [2.75, 3.05) is 39.6 Å². The van der Waals surface area contributed by atoms with Crippen LogP contribution in [0.1, 0.15) is 24.0 Å². The maximum absolute atomic E-state index is 12.0. The van der Waals surface area contributed by atoms with Crippen LogP contribution in [0.25, 0.3) is 0 Å². The summed E-state index contributed by atoms with van der Waals surface area (Å²) in [4.78, 5) is 23.1. The number of nitrogens with two attached hydrogens (primary N) is 1. The van der Waals surface area contributed by atoms with Crippen molar-refractivity contribution in [3.63, 3.8) is 0 Å². The summed E-state index contributed by atoms with van der Waals surface area (Å²) in [7, 11) is -3.77. The highest BCUT2D eigenvalue weighted by Crippen LogP contribution is 2.38. The van der Waals surface area contributed by atoms with Crippen molar-refractivity contribution < 1.29 is 42.1 Å². The zero-order valence-electron chi connectivity index (χ0n) is 19.5. The van der Waals surface area contributed by atoms with Gasteiger partial charge in [-0.05, 0) is 11.1 Å². The molecular weight excluding hydrogens is 477 g/mol. The van der Waals surface area contributed by atoms with Crippen LogP contribution in [-0.2, 0) is 45.4 Å². The molecule has 0 heterocycles. The van der Waals surface area contributed by atoms with Gasteiger partial charge in [-0.3, -0.25) is 9.05 Å². The van der Waals surface area contributed by atoms with Gasteiger partial charge in [-0.25, -0.2) is 19.7 Å². The Labute approximate surface area is 205 Å². The lowest BCUT2D eigenvalue weighted by Gasteiger charge is -2.13. The van der Waals surface area contributed by atoms with E-state index in [1.165, 1.54) is 0 Å². The first-order valence-corrected chi connectivity index (χ1v) is 12.9. The van der Waals surface area contributed by atoms with E-state index in [0.717, 1.165) is 11.1 Å². The molecule has 35 heavy (non-hydrogen) atoms. The Morgan fingerprint density at radius 1 is 0.600 bits per heavy atom. The van der Waals surface area contributed by atoms with Gasteiger partial charge in [-0.1, -0.05) is 60.7 Å². The standard InChI is InChI=1S/C24H32NO9P/c25-35(28,33-17-7-15-29-23(26)31-19-13-21-9-3-1-4-10-21)34-18-8-16-30-24(27)32-20-14-22-11-5-2-6-12-22/h1-6,9-12H,7-8,13-20H2,(H2,25,28). The molecule has 0 unspecified atom stereocenters. The average Bonchev–Trinajstić information content (AvgIpc) is 2.85. The fourth-order valence-electron chi connectivity index (χ4n) is 2.73. The number of ether oxygens (including phenoxy) is 4. The molecule has 0 fully saturated rings. The van der Waals surface area contributed by atoms with E-state index in [1.807, 2.05) is 60.7 Å². The summed E-state index contributed by atoms with van der Waals surface area (Å²) in [6.45, 7) is 0.389. The minimum atomic E-state index is -3.77. The molecule has 2 aromatic carbocycles. The Morgan fingerprint density at radius 3 is 1.37 bits per heavy atom. The highest BCUT2D eigenvalue weighted by Gasteiger charge is 2.18. The number of hydrogen-bond acceptors (Lipinski definition) is 9. The SMILES string of the molecule is NP(=O)(OCCCOC(=O)OCCc1ccccc1)OCCCOC(=O)OCCc1ccccc1. The second-order valence-electron chi connectivity index (χ2n) is 7.28. The van der Waals surface area contributed by atoms with E-state index in [9.17, 15) is 14.2 Å². The van der Waals surface area contributed by atoms with Crippen LogP contribution in [0.4, 0.5) is 9.59 Å². The Hall–Kier alpha value is -2.91. The molecule has 11 heteroatoms. The normalized spacial score (nSPS) is 11.0. The van der Waals surface area contributed by atoms with Gasteiger partial charge in [0.15, 0.2) is 0 Å². The molecule has 2 rings (SSSR count). The van der Waals surface area contributed by atoms with Gasteiger partial charge < -0.3 is 18.9 Å². The van der Waals surface area contributed by atoms with Crippen LogP contribution in [0.3, 0.4) is 0 Å². The second-order valence-corrected chi connectivity index (χ2v) is 8.87. The first-order valence-electron chi connectivity index (χ1n) is 11.3. The largest absolute Gasteiger partial charge is 0.508 e. The van der Waals surface area contributed by atoms with E-state index < -0.39 is 20.1 Å². The maximum atomic E-state index is 12.0. The van der Waals surface area contributed by atoms with Crippen LogP contribution in [0.5, 0.6) is 0 Å². The fourth-order valence-corrected chi connectivity index (χ4v) is 3.57. The molecule has 2 aromatic rings. The molecule has 192 valence electrons. The molecule has 10 nitrogen and oxygen atoms in total. The van der Waals surface area contributed by atoms with Crippen molar-refractivity contribution in [1.82, 2.24) is 0 Å². The summed E-state index contributed by atoms with van der Waals surface area (Å²) in [5.41, 5.74) is 7.60. The molecule has 0 atom stereocenters. The van der Waals surface area contributed by atoms with Crippen LogP contribution in [0, 0.1) is 0 Å². The molecule has 0 aromatic heterocycles. The van der Waals surface area contributed by atoms with Gasteiger partial charge >= 0.3 is 20.1 Å². The van der Waals surface area contributed by atoms with Crippen LogP contribution in [-0.4, -0.2) is 52.0 Å². The van der Waals surface area contributed by atoms with Gasteiger partial charge in [0.05, 0.1) is 39.6 Å². The van der Waals surface area contributed by atoms with Gasteiger partial charge in [0.1, 0.15) is 0 Å². The average molecular weight is 509 g/mol. The van der Waals surface area contributed by atoms with E-state index in [4.69, 9.17) is 33.5 Å². The molecular formula is C24H32NO9P. The van der Waals surface area contributed by atoms with E-state index in [1.54, 1.807) is 0 Å². The summed E-state index contributed by atoms with van der Waals surface area (Å²) in [5.74, 6) is 0. The molecule has 0 saturated heterocycles. The van der Waals surface area contributed by atoms with Crippen molar-refractivity contribution in [2.45, 2.75) is 25.7 Å². The summed E-state index contributed by atoms with van der Waals surface area (Å²) in [6, 6.07) is 19.2. The minimum Gasteiger partial charge on any atom is -0.434 e. The molecule has 0 bridgehead atoms. The van der Waals surface area contributed by atoms with Crippen LogP contribution < -0.4 is 5.50 Å². The zero-order chi connectivity index (χ0) is 25.2. The van der Waals surface area contributed by atoms with Crippen molar-refractivity contribution in [1.29, 1.82) is 0 Å². The van der Waals surface area contributed by atoms with E-state index in [-0.39, 0.29) is 52.5 Å². The van der Waals surface area contributed by atoms with Crippen LogP contribution in [0.2, 0.25) is 0 Å². The predicted molar refractivity (Wildman–Crippen MR) is 128 cm³/mol. The summed E-state index contributed by atoms with van der Waals surface area (Å²) in [5, 5.41) is 0. The van der Waals surface area contributed by atoms with Crippen molar-refractivity contribution in [3.05, 3.63) is 71.8 Å². The number of carbonyl (C=O) groups is 2. The van der Waals surface area contributed by atoms with Crippen molar-refractivity contribution >= 4 is 20.1 Å². The summed E-state index contributed by atoms with van der Waals surface area (Å²) in [6.07, 6.45) is 0.130. The molecule has 2 N–H and O–H groups in total. The highest BCUT2D eigenvalue weighted by atomic mass is 31.2. The molecule has 0 aliphatic rings. The number of benzene rings is 2. The summed E-state index contributed by atoms with van der Waals surface area (Å²) < 4.78 is 41.8. The van der Waals surface area contributed by atoms with Crippen LogP contribution in [0.15, 0.2) is 60.7 Å². The molecule has 0 radical (unpaired) electrons. The highest BCUT2D eigenvalue weighted by molar-refractivity contribution is 7.51.